The summed E-state index contributed by atoms with van der Waals surface area (Å²) in [6.07, 6.45) is 2.68. The van der Waals surface area contributed by atoms with Gasteiger partial charge in [0.25, 0.3) is 0 Å². The zero-order chi connectivity index (χ0) is 19.5. The number of fused-ring (bicyclic) bond motifs is 1. The molecule has 2 N–H and O–H groups in total. The third kappa shape index (κ3) is 3.79. The summed E-state index contributed by atoms with van der Waals surface area (Å²) in [5.74, 6) is -0.0614. The van der Waals surface area contributed by atoms with Crippen LogP contribution in [0.2, 0.25) is 0 Å². The van der Waals surface area contributed by atoms with Crippen molar-refractivity contribution in [2.75, 3.05) is 11.1 Å². The number of carbonyl (C=O) groups excluding carboxylic acids is 1. The average molecular weight is 413 g/mol. The average Bonchev–Trinajstić information content (AvgIpc) is 3.34. The molecular formula is C20H17FN4OS2. The van der Waals surface area contributed by atoms with Crippen molar-refractivity contribution in [1.29, 1.82) is 0 Å². The lowest BCUT2D eigenvalue weighted by Gasteiger charge is -2.02. The number of para-hydroxylation sites is 2. The van der Waals surface area contributed by atoms with E-state index in [1.54, 1.807) is 24.4 Å². The molecule has 0 unspecified atom stereocenters. The fraction of sp³-hybridized carbons (Fsp3) is 0.150. The first-order valence-corrected chi connectivity index (χ1v) is 10.6. The molecule has 0 fully saturated rings. The van der Waals surface area contributed by atoms with Gasteiger partial charge in [0, 0.05) is 22.7 Å². The molecule has 0 aliphatic heterocycles. The number of aromatic nitrogens is 3. The molecule has 0 aliphatic rings. The second-order valence-corrected chi connectivity index (χ2v) is 8.29. The molecule has 28 heavy (non-hydrogen) atoms. The van der Waals surface area contributed by atoms with Crippen LogP contribution in [-0.4, -0.2) is 26.7 Å². The van der Waals surface area contributed by atoms with Crippen molar-refractivity contribution in [2.24, 2.45) is 0 Å². The van der Waals surface area contributed by atoms with Crippen molar-refractivity contribution < 1.29 is 9.18 Å². The SMILES string of the molecule is CCc1cccc2c(C(=O)CSc3nnc(Nc4ccccc4F)s3)c[nH]c12. The van der Waals surface area contributed by atoms with E-state index in [-0.39, 0.29) is 17.4 Å². The maximum atomic E-state index is 13.7. The van der Waals surface area contributed by atoms with Gasteiger partial charge >= 0.3 is 0 Å². The zero-order valence-electron chi connectivity index (χ0n) is 15.0. The second-order valence-electron chi connectivity index (χ2n) is 6.09. The Morgan fingerprint density at radius 3 is 2.89 bits per heavy atom. The lowest BCUT2D eigenvalue weighted by molar-refractivity contribution is 0.102. The molecule has 0 aliphatic carbocycles. The van der Waals surface area contributed by atoms with E-state index >= 15 is 0 Å². The molecule has 4 rings (SSSR count). The van der Waals surface area contributed by atoms with Gasteiger partial charge in [-0.3, -0.25) is 4.79 Å². The van der Waals surface area contributed by atoms with Gasteiger partial charge in [0.05, 0.1) is 11.4 Å². The maximum Gasteiger partial charge on any atom is 0.210 e. The van der Waals surface area contributed by atoms with Crippen molar-refractivity contribution >= 4 is 50.6 Å². The van der Waals surface area contributed by atoms with Crippen LogP contribution in [0.1, 0.15) is 22.8 Å². The number of aromatic amines is 1. The van der Waals surface area contributed by atoms with E-state index < -0.39 is 0 Å². The van der Waals surface area contributed by atoms with Crippen LogP contribution in [0.25, 0.3) is 10.9 Å². The quantitative estimate of drug-likeness (QED) is 0.312. The Bertz CT molecular complexity index is 1140. The van der Waals surface area contributed by atoms with E-state index in [4.69, 9.17) is 0 Å². The van der Waals surface area contributed by atoms with Gasteiger partial charge in [0.1, 0.15) is 5.82 Å². The van der Waals surface area contributed by atoms with E-state index in [9.17, 15) is 9.18 Å². The molecule has 0 amide bonds. The van der Waals surface area contributed by atoms with E-state index in [1.165, 1.54) is 34.7 Å². The van der Waals surface area contributed by atoms with Gasteiger partial charge in [-0.25, -0.2) is 4.39 Å². The van der Waals surface area contributed by atoms with Gasteiger partial charge < -0.3 is 10.3 Å². The highest BCUT2D eigenvalue weighted by molar-refractivity contribution is 8.01. The van der Waals surface area contributed by atoms with E-state index in [2.05, 4.69) is 33.5 Å². The first-order valence-electron chi connectivity index (χ1n) is 8.75. The van der Waals surface area contributed by atoms with Crippen molar-refractivity contribution in [3.8, 4) is 0 Å². The Balaban J connectivity index is 1.43. The van der Waals surface area contributed by atoms with Gasteiger partial charge in [-0.1, -0.05) is 60.4 Å². The first kappa shape index (κ1) is 18.6. The predicted molar refractivity (Wildman–Crippen MR) is 112 cm³/mol. The third-order valence-electron chi connectivity index (χ3n) is 4.33. The number of H-pyrrole nitrogens is 1. The summed E-state index contributed by atoms with van der Waals surface area (Å²) in [5, 5.41) is 12.4. The highest BCUT2D eigenvalue weighted by atomic mass is 32.2. The highest BCUT2D eigenvalue weighted by Crippen LogP contribution is 2.30. The van der Waals surface area contributed by atoms with Crippen LogP contribution in [0.3, 0.4) is 0 Å². The summed E-state index contributed by atoms with van der Waals surface area (Å²) in [6, 6.07) is 12.4. The summed E-state index contributed by atoms with van der Waals surface area (Å²) in [6.45, 7) is 2.09. The van der Waals surface area contributed by atoms with Crippen molar-refractivity contribution in [1.82, 2.24) is 15.2 Å². The Labute approximate surface area is 169 Å². The molecule has 2 aromatic heterocycles. The summed E-state index contributed by atoms with van der Waals surface area (Å²) in [5.41, 5.74) is 3.24. The van der Waals surface area contributed by atoms with Crippen LogP contribution in [0.15, 0.2) is 53.0 Å². The molecule has 0 saturated carbocycles. The molecule has 2 heterocycles. The smallest absolute Gasteiger partial charge is 0.210 e. The number of aryl methyl sites for hydroxylation is 1. The second kappa shape index (κ2) is 8.12. The largest absolute Gasteiger partial charge is 0.360 e. The number of carbonyl (C=O) groups is 1. The number of benzene rings is 2. The monoisotopic (exact) mass is 412 g/mol. The third-order valence-corrected chi connectivity index (χ3v) is 6.30. The van der Waals surface area contributed by atoms with Crippen molar-refractivity contribution in [2.45, 2.75) is 17.7 Å². The normalized spacial score (nSPS) is 11.1. The number of halogens is 1. The van der Waals surface area contributed by atoms with E-state index in [1.807, 2.05) is 12.1 Å². The number of rotatable bonds is 7. The minimum absolute atomic E-state index is 0.0308. The number of nitrogens with zero attached hydrogens (tertiary/aromatic N) is 2. The molecule has 142 valence electrons. The summed E-state index contributed by atoms with van der Waals surface area (Å²) < 4.78 is 14.4. The van der Waals surface area contributed by atoms with Crippen molar-refractivity contribution in [3.05, 3.63) is 65.6 Å². The summed E-state index contributed by atoms with van der Waals surface area (Å²) in [4.78, 5) is 15.9. The fourth-order valence-electron chi connectivity index (χ4n) is 2.94. The molecule has 4 aromatic rings. The molecule has 5 nitrogen and oxygen atoms in total. The number of nitrogens with one attached hydrogen (secondary N) is 2. The first-order chi connectivity index (χ1) is 13.7. The summed E-state index contributed by atoms with van der Waals surface area (Å²) >= 11 is 2.62. The van der Waals surface area contributed by atoms with Gasteiger partial charge in [-0.15, -0.1) is 10.2 Å². The van der Waals surface area contributed by atoms with Gasteiger partial charge in [-0.05, 0) is 24.1 Å². The fourth-order valence-corrected chi connectivity index (χ4v) is 4.59. The number of Topliss-reactive ketones (excluding diaryl/α,β-unsaturated/α-hetero) is 1. The Hall–Kier alpha value is -2.71. The van der Waals surface area contributed by atoms with Crippen LogP contribution < -0.4 is 5.32 Å². The molecule has 0 radical (unpaired) electrons. The van der Waals surface area contributed by atoms with Crippen LogP contribution in [0, 0.1) is 5.82 Å². The Morgan fingerprint density at radius 2 is 2.07 bits per heavy atom. The zero-order valence-corrected chi connectivity index (χ0v) is 16.7. The molecule has 8 heteroatoms. The molecule has 0 spiro atoms. The molecule has 0 saturated heterocycles. The number of thioether (sulfide) groups is 1. The topological polar surface area (TPSA) is 70.7 Å². The van der Waals surface area contributed by atoms with Crippen molar-refractivity contribution in [3.63, 3.8) is 0 Å². The van der Waals surface area contributed by atoms with E-state index in [0.717, 1.165) is 17.3 Å². The van der Waals surface area contributed by atoms with Crippen LogP contribution in [-0.2, 0) is 6.42 Å². The van der Waals surface area contributed by atoms with E-state index in [0.29, 0.717) is 20.7 Å². The molecular weight excluding hydrogens is 395 g/mol. The minimum Gasteiger partial charge on any atom is -0.360 e. The lowest BCUT2D eigenvalue weighted by Crippen LogP contribution is -2.01. The maximum absolute atomic E-state index is 13.7. The number of ketones is 1. The predicted octanol–water partition coefficient (Wildman–Crippen LogP) is 5.44. The molecule has 2 aromatic carbocycles. The standard InChI is InChI=1S/C20H17FN4OS2/c1-2-12-6-5-7-13-14(10-22-18(12)13)17(26)11-27-20-25-24-19(28-20)23-16-9-4-3-8-15(16)21/h3-10,22H,2,11H2,1H3,(H,23,24). The van der Waals surface area contributed by atoms with Crippen LogP contribution in [0.4, 0.5) is 15.2 Å². The number of anilines is 2. The van der Waals surface area contributed by atoms with Gasteiger partial charge in [0.2, 0.25) is 5.13 Å². The number of hydrogen-bond donors (Lipinski definition) is 2. The van der Waals surface area contributed by atoms with Crippen LogP contribution in [0.5, 0.6) is 0 Å². The van der Waals surface area contributed by atoms with Gasteiger partial charge in [0.15, 0.2) is 10.1 Å². The minimum atomic E-state index is -0.354. The molecule has 0 bridgehead atoms. The van der Waals surface area contributed by atoms with Gasteiger partial charge in [-0.2, -0.15) is 0 Å². The summed E-state index contributed by atoms with van der Waals surface area (Å²) in [7, 11) is 0. The number of hydrogen-bond acceptors (Lipinski definition) is 6. The Morgan fingerprint density at radius 1 is 1.21 bits per heavy atom. The Kier molecular flexibility index (Phi) is 5.40. The lowest BCUT2D eigenvalue weighted by atomic mass is 10.1. The molecule has 0 atom stereocenters. The van der Waals surface area contributed by atoms with Crippen LogP contribution >= 0.6 is 23.1 Å². The highest BCUT2D eigenvalue weighted by Gasteiger charge is 2.15.